The third-order valence-corrected chi connectivity index (χ3v) is 5.86. The molecule has 2 fully saturated rings. The molecule has 5 nitrogen and oxygen atoms in total. The SMILES string of the molecule is Cc1ccc(S(=O)(=O)NC(=O)NC2C3CCCCC32)cc1. The highest BCUT2D eigenvalue weighted by molar-refractivity contribution is 7.90. The maximum absolute atomic E-state index is 12.1. The zero-order valence-corrected chi connectivity index (χ0v) is 12.8. The van der Waals surface area contributed by atoms with Gasteiger partial charge in [-0.05, 0) is 43.7 Å². The average molecular weight is 308 g/mol. The largest absolute Gasteiger partial charge is 0.334 e. The molecule has 21 heavy (non-hydrogen) atoms. The van der Waals surface area contributed by atoms with E-state index < -0.39 is 16.1 Å². The van der Waals surface area contributed by atoms with E-state index in [-0.39, 0.29) is 10.9 Å². The quantitative estimate of drug-likeness (QED) is 0.898. The molecule has 2 atom stereocenters. The number of sulfonamides is 1. The van der Waals surface area contributed by atoms with Crippen molar-refractivity contribution >= 4 is 16.1 Å². The molecule has 0 aliphatic heterocycles. The highest BCUT2D eigenvalue weighted by atomic mass is 32.2. The first-order valence-electron chi connectivity index (χ1n) is 7.37. The van der Waals surface area contributed by atoms with Crippen LogP contribution >= 0.6 is 0 Å². The number of carbonyl (C=O) groups is 1. The molecule has 2 N–H and O–H groups in total. The summed E-state index contributed by atoms with van der Waals surface area (Å²) < 4.78 is 26.3. The number of carbonyl (C=O) groups excluding carboxylic acids is 1. The first kappa shape index (κ1) is 14.4. The molecule has 6 heteroatoms. The van der Waals surface area contributed by atoms with E-state index in [9.17, 15) is 13.2 Å². The lowest BCUT2D eigenvalue weighted by atomic mass is 10.0. The van der Waals surface area contributed by atoms with Crippen LogP contribution in [0.1, 0.15) is 31.2 Å². The van der Waals surface area contributed by atoms with Crippen LogP contribution in [0.4, 0.5) is 4.79 Å². The van der Waals surface area contributed by atoms with Gasteiger partial charge in [0.05, 0.1) is 4.90 Å². The predicted molar refractivity (Wildman–Crippen MR) is 79.3 cm³/mol. The molecular formula is C15H20N2O3S. The topological polar surface area (TPSA) is 75.3 Å². The number of nitrogens with one attached hydrogen (secondary N) is 2. The van der Waals surface area contributed by atoms with Crippen LogP contribution < -0.4 is 10.0 Å². The van der Waals surface area contributed by atoms with Gasteiger partial charge in [0, 0.05) is 6.04 Å². The summed E-state index contributed by atoms with van der Waals surface area (Å²) in [6, 6.07) is 5.96. The van der Waals surface area contributed by atoms with E-state index in [2.05, 4.69) is 10.0 Å². The van der Waals surface area contributed by atoms with Crippen molar-refractivity contribution in [2.24, 2.45) is 11.8 Å². The summed E-state index contributed by atoms with van der Waals surface area (Å²) in [4.78, 5) is 12.0. The minimum atomic E-state index is -3.79. The fourth-order valence-electron chi connectivity index (χ4n) is 3.29. The summed E-state index contributed by atoms with van der Waals surface area (Å²) >= 11 is 0. The van der Waals surface area contributed by atoms with Gasteiger partial charge in [0.15, 0.2) is 0 Å². The van der Waals surface area contributed by atoms with Crippen LogP contribution in [0, 0.1) is 18.8 Å². The van der Waals surface area contributed by atoms with E-state index >= 15 is 0 Å². The Morgan fingerprint density at radius 1 is 1.10 bits per heavy atom. The Kier molecular flexibility index (Phi) is 3.65. The Hall–Kier alpha value is -1.56. The van der Waals surface area contributed by atoms with Crippen LogP contribution in [-0.2, 0) is 10.0 Å². The minimum Gasteiger partial charge on any atom is -0.334 e. The highest BCUT2D eigenvalue weighted by Gasteiger charge is 2.51. The molecule has 114 valence electrons. The van der Waals surface area contributed by atoms with Gasteiger partial charge in [-0.15, -0.1) is 0 Å². The van der Waals surface area contributed by atoms with E-state index in [1.807, 2.05) is 6.92 Å². The lowest BCUT2D eigenvalue weighted by Crippen LogP contribution is -2.41. The van der Waals surface area contributed by atoms with Crippen molar-refractivity contribution in [1.82, 2.24) is 10.0 Å². The molecule has 0 radical (unpaired) electrons. The normalized spacial score (nSPS) is 27.6. The van der Waals surface area contributed by atoms with Gasteiger partial charge in [-0.1, -0.05) is 30.5 Å². The summed E-state index contributed by atoms with van der Waals surface area (Å²) in [6.07, 6.45) is 4.70. The van der Waals surface area contributed by atoms with Crippen molar-refractivity contribution in [3.8, 4) is 0 Å². The lowest BCUT2D eigenvalue weighted by Gasteiger charge is -2.08. The first-order chi connectivity index (χ1) is 9.97. The van der Waals surface area contributed by atoms with Gasteiger partial charge < -0.3 is 5.32 Å². The molecule has 2 unspecified atom stereocenters. The van der Waals surface area contributed by atoms with Crippen molar-refractivity contribution in [1.29, 1.82) is 0 Å². The van der Waals surface area contributed by atoms with Crippen LogP contribution in [0.3, 0.4) is 0 Å². The lowest BCUT2D eigenvalue weighted by molar-refractivity contribution is 0.244. The molecule has 2 aliphatic carbocycles. The summed E-state index contributed by atoms with van der Waals surface area (Å²) in [7, 11) is -3.79. The van der Waals surface area contributed by atoms with E-state index in [0.29, 0.717) is 11.8 Å². The molecule has 0 aromatic heterocycles. The smallest absolute Gasteiger partial charge is 0.328 e. The molecule has 0 heterocycles. The van der Waals surface area contributed by atoms with Crippen LogP contribution in [-0.4, -0.2) is 20.5 Å². The van der Waals surface area contributed by atoms with Gasteiger partial charge in [0.1, 0.15) is 0 Å². The second-order valence-corrected chi connectivity index (χ2v) is 7.71. The van der Waals surface area contributed by atoms with E-state index in [1.165, 1.54) is 25.0 Å². The van der Waals surface area contributed by atoms with E-state index in [4.69, 9.17) is 0 Å². The number of rotatable bonds is 3. The number of amides is 2. The van der Waals surface area contributed by atoms with Gasteiger partial charge in [-0.2, -0.15) is 0 Å². The Morgan fingerprint density at radius 3 is 2.24 bits per heavy atom. The summed E-state index contributed by atoms with van der Waals surface area (Å²) in [5.41, 5.74) is 0.973. The van der Waals surface area contributed by atoms with Crippen LogP contribution in [0.5, 0.6) is 0 Å². The van der Waals surface area contributed by atoms with Gasteiger partial charge in [-0.3, -0.25) is 0 Å². The second-order valence-electron chi connectivity index (χ2n) is 6.03. The first-order valence-corrected chi connectivity index (χ1v) is 8.86. The number of fused-ring (bicyclic) bond motifs is 1. The molecule has 1 aromatic carbocycles. The predicted octanol–water partition coefficient (Wildman–Crippen LogP) is 2.17. The highest BCUT2D eigenvalue weighted by Crippen LogP contribution is 2.49. The van der Waals surface area contributed by atoms with Crippen molar-refractivity contribution in [3.63, 3.8) is 0 Å². The monoisotopic (exact) mass is 308 g/mol. The Balaban J connectivity index is 1.60. The standard InChI is InChI=1S/C15H20N2O3S/c1-10-6-8-11(9-7-10)21(19,20)17-15(18)16-14-12-4-2-3-5-13(12)14/h6-9,12-14H,2-5H2,1H3,(H2,16,17,18). The third-order valence-electron chi connectivity index (χ3n) is 4.51. The molecule has 2 saturated carbocycles. The van der Waals surface area contributed by atoms with Crippen LogP contribution in [0.15, 0.2) is 29.2 Å². The van der Waals surface area contributed by atoms with Crippen molar-refractivity contribution in [2.45, 2.75) is 43.5 Å². The second kappa shape index (κ2) is 5.33. The molecule has 0 saturated heterocycles. The number of hydrogen-bond donors (Lipinski definition) is 2. The molecular weight excluding hydrogens is 288 g/mol. The Morgan fingerprint density at radius 2 is 1.67 bits per heavy atom. The molecule has 1 aromatic rings. The third kappa shape index (κ3) is 3.05. The van der Waals surface area contributed by atoms with Gasteiger partial charge in [0.2, 0.25) is 0 Å². The molecule has 2 aliphatic rings. The fraction of sp³-hybridized carbons (Fsp3) is 0.533. The molecule has 2 amide bonds. The van der Waals surface area contributed by atoms with Gasteiger partial charge >= 0.3 is 6.03 Å². The summed E-state index contributed by atoms with van der Waals surface area (Å²) in [5, 5.41) is 2.80. The van der Waals surface area contributed by atoms with Gasteiger partial charge in [0.25, 0.3) is 10.0 Å². The van der Waals surface area contributed by atoms with Crippen molar-refractivity contribution in [2.75, 3.05) is 0 Å². The van der Waals surface area contributed by atoms with Crippen molar-refractivity contribution < 1.29 is 13.2 Å². The van der Waals surface area contributed by atoms with E-state index in [1.54, 1.807) is 12.1 Å². The van der Waals surface area contributed by atoms with Crippen LogP contribution in [0.2, 0.25) is 0 Å². The number of benzene rings is 1. The molecule has 0 spiro atoms. The van der Waals surface area contributed by atoms with Crippen LogP contribution in [0.25, 0.3) is 0 Å². The Labute approximate surface area is 125 Å². The van der Waals surface area contributed by atoms with Crippen molar-refractivity contribution in [3.05, 3.63) is 29.8 Å². The average Bonchev–Trinajstić information content (AvgIpc) is 3.12. The minimum absolute atomic E-state index is 0.108. The number of aryl methyl sites for hydroxylation is 1. The summed E-state index contributed by atoms with van der Waals surface area (Å²) in [5.74, 6) is 1.10. The Bertz CT molecular complexity index is 627. The molecule has 3 rings (SSSR count). The molecule has 0 bridgehead atoms. The number of hydrogen-bond acceptors (Lipinski definition) is 3. The van der Waals surface area contributed by atoms with E-state index in [0.717, 1.165) is 18.4 Å². The zero-order valence-electron chi connectivity index (χ0n) is 12.0. The zero-order chi connectivity index (χ0) is 15.0. The fourth-order valence-corrected chi connectivity index (χ4v) is 4.20. The summed E-state index contributed by atoms with van der Waals surface area (Å²) in [6.45, 7) is 1.88. The maximum atomic E-state index is 12.1. The van der Waals surface area contributed by atoms with Gasteiger partial charge in [-0.25, -0.2) is 17.9 Å². The maximum Gasteiger partial charge on any atom is 0.328 e. The number of urea groups is 1.